The zero-order valence-corrected chi connectivity index (χ0v) is 12.4. The standard InChI is InChI=1S/C15H16FNO2S/c1-11-8-9-14(12(2)10-11)17(3)20(18,19)15-7-5-4-6-13(15)16/h4-10H,1-3H3. The lowest BCUT2D eigenvalue weighted by molar-refractivity contribution is 0.566. The van der Waals surface area contributed by atoms with E-state index in [4.69, 9.17) is 0 Å². The molecule has 0 aliphatic heterocycles. The van der Waals surface area contributed by atoms with Crippen molar-refractivity contribution in [1.29, 1.82) is 0 Å². The average molecular weight is 293 g/mol. The maximum Gasteiger partial charge on any atom is 0.266 e. The van der Waals surface area contributed by atoms with Crippen molar-refractivity contribution in [3.63, 3.8) is 0 Å². The third-order valence-corrected chi connectivity index (χ3v) is 4.97. The first-order chi connectivity index (χ1) is 9.34. The molecule has 0 aliphatic carbocycles. The quantitative estimate of drug-likeness (QED) is 0.871. The zero-order valence-electron chi connectivity index (χ0n) is 11.6. The molecule has 0 saturated heterocycles. The molecule has 0 spiro atoms. The second-order valence-electron chi connectivity index (χ2n) is 4.69. The number of rotatable bonds is 3. The van der Waals surface area contributed by atoms with E-state index in [1.165, 1.54) is 25.2 Å². The summed E-state index contributed by atoms with van der Waals surface area (Å²) in [6.07, 6.45) is 0. The van der Waals surface area contributed by atoms with Gasteiger partial charge >= 0.3 is 0 Å². The Hall–Kier alpha value is -1.88. The van der Waals surface area contributed by atoms with Crippen molar-refractivity contribution < 1.29 is 12.8 Å². The van der Waals surface area contributed by atoms with Crippen LogP contribution in [0.5, 0.6) is 0 Å². The monoisotopic (exact) mass is 293 g/mol. The van der Waals surface area contributed by atoms with E-state index in [0.29, 0.717) is 5.69 Å². The number of anilines is 1. The van der Waals surface area contributed by atoms with Crippen molar-refractivity contribution >= 4 is 15.7 Å². The second-order valence-corrected chi connectivity index (χ2v) is 6.63. The minimum absolute atomic E-state index is 0.317. The summed E-state index contributed by atoms with van der Waals surface area (Å²) in [4.78, 5) is -0.317. The third kappa shape index (κ3) is 2.54. The molecule has 0 heterocycles. The van der Waals surface area contributed by atoms with Crippen LogP contribution in [0.1, 0.15) is 11.1 Å². The van der Waals surface area contributed by atoms with Crippen molar-refractivity contribution in [3.8, 4) is 0 Å². The summed E-state index contributed by atoms with van der Waals surface area (Å²) in [6.45, 7) is 3.76. The lowest BCUT2D eigenvalue weighted by atomic mass is 10.1. The fourth-order valence-electron chi connectivity index (χ4n) is 2.09. The molecule has 0 aromatic heterocycles. The molecule has 0 fully saturated rings. The van der Waals surface area contributed by atoms with Crippen molar-refractivity contribution in [2.45, 2.75) is 18.7 Å². The van der Waals surface area contributed by atoms with E-state index in [2.05, 4.69) is 0 Å². The maximum absolute atomic E-state index is 13.7. The van der Waals surface area contributed by atoms with E-state index in [0.717, 1.165) is 21.5 Å². The van der Waals surface area contributed by atoms with E-state index in [1.54, 1.807) is 6.07 Å². The largest absolute Gasteiger partial charge is 0.269 e. The molecule has 0 unspecified atom stereocenters. The smallest absolute Gasteiger partial charge is 0.266 e. The normalized spacial score (nSPS) is 11.4. The van der Waals surface area contributed by atoms with Gasteiger partial charge in [0.15, 0.2) is 0 Å². The molecule has 2 aromatic carbocycles. The molecular weight excluding hydrogens is 277 g/mol. The molecule has 2 aromatic rings. The van der Waals surface area contributed by atoms with Crippen LogP contribution in [0.25, 0.3) is 0 Å². The van der Waals surface area contributed by atoms with Crippen molar-refractivity contribution in [1.82, 2.24) is 0 Å². The Morgan fingerprint density at radius 1 is 1.05 bits per heavy atom. The lowest BCUT2D eigenvalue weighted by Gasteiger charge is -2.22. The van der Waals surface area contributed by atoms with Crippen molar-refractivity contribution in [2.24, 2.45) is 0 Å². The molecule has 3 nitrogen and oxygen atoms in total. The van der Waals surface area contributed by atoms with Gasteiger partial charge in [0.05, 0.1) is 5.69 Å². The highest BCUT2D eigenvalue weighted by atomic mass is 32.2. The molecule has 0 atom stereocenters. The minimum atomic E-state index is -3.90. The van der Waals surface area contributed by atoms with Crippen LogP contribution >= 0.6 is 0 Å². The van der Waals surface area contributed by atoms with Crippen LogP contribution in [0.4, 0.5) is 10.1 Å². The van der Waals surface area contributed by atoms with Gasteiger partial charge in [-0.15, -0.1) is 0 Å². The van der Waals surface area contributed by atoms with Crippen LogP contribution in [-0.4, -0.2) is 15.5 Å². The number of sulfonamides is 1. The SMILES string of the molecule is Cc1ccc(N(C)S(=O)(=O)c2ccccc2F)c(C)c1. The van der Waals surface area contributed by atoms with Crippen molar-refractivity contribution in [2.75, 3.05) is 11.4 Å². The number of hydrogen-bond acceptors (Lipinski definition) is 2. The Balaban J connectivity index is 2.52. The molecule has 0 amide bonds. The first kappa shape index (κ1) is 14.5. The molecule has 0 aliphatic rings. The summed E-state index contributed by atoms with van der Waals surface area (Å²) in [5, 5.41) is 0. The highest BCUT2D eigenvalue weighted by Gasteiger charge is 2.25. The van der Waals surface area contributed by atoms with Crippen LogP contribution < -0.4 is 4.31 Å². The Labute approximate surface area is 118 Å². The zero-order chi connectivity index (χ0) is 14.9. The number of hydrogen-bond donors (Lipinski definition) is 0. The summed E-state index contributed by atoms with van der Waals surface area (Å²) in [5.41, 5.74) is 2.41. The van der Waals surface area contributed by atoms with Crippen LogP contribution in [0.3, 0.4) is 0 Å². The molecule has 0 bridgehead atoms. The van der Waals surface area contributed by atoms with Gasteiger partial charge in [0.25, 0.3) is 10.0 Å². The predicted molar refractivity (Wildman–Crippen MR) is 77.9 cm³/mol. The molecule has 2 rings (SSSR count). The number of benzene rings is 2. The van der Waals surface area contributed by atoms with Gasteiger partial charge in [-0.2, -0.15) is 0 Å². The Kier molecular flexibility index (Phi) is 3.81. The van der Waals surface area contributed by atoms with Gasteiger partial charge in [0, 0.05) is 7.05 Å². The fraction of sp³-hybridized carbons (Fsp3) is 0.200. The molecular formula is C15H16FNO2S. The van der Waals surface area contributed by atoms with E-state index in [-0.39, 0.29) is 4.90 Å². The first-order valence-electron chi connectivity index (χ1n) is 6.15. The van der Waals surface area contributed by atoms with Crippen LogP contribution in [0.2, 0.25) is 0 Å². The molecule has 0 N–H and O–H groups in total. The van der Waals surface area contributed by atoms with E-state index in [1.807, 2.05) is 26.0 Å². The summed E-state index contributed by atoms with van der Waals surface area (Å²) in [5.74, 6) is -0.746. The topological polar surface area (TPSA) is 37.4 Å². The summed E-state index contributed by atoms with van der Waals surface area (Å²) in [6, 6.07) is 10.8. The van der Waals surface area contributed by atoms with Gasteiger partial charge in [-0.05, 0) is 37.6 Å². The predicted octanol–water partition coefficient (Wildman–Crippen LogP) is 3.27. The van der Waals surface area contributed by atoms with Gasteiger partial charge in [-0.25, -0.2) is 12.8 Å². The summed E-state index contributed by atoms with van der Waals surface area (Å²) in [7, 11) is -2.47. The Morgan fingerprint density at radius 2 is 1.70 bits per heavy atom. The first-order valence-corrected chi connectivity index (χ1v) is 7.59. The van der Waals surface area contributed by atoms with Crippen LogP contribution in [-0.2, 0) is 10.0 Å². The Morgan fingerprint density at radius 3 is 2.30 bits per heavy atom. The number of halogens is 1. The average Bonchev–Trinajstić information content (AvgIpc) is 2.38. The maximum atomic E-state index is 13.7. The number of nitrogens with zero attached hydrogens (tertiary/aromatic N) is 1. The van der Waals surface area contributed by atoms with Crippen molar-refractivity contribution in [3.05, 3.63) is 59.4 Å². The molecule has 106 valence electrons. The second kappa shape index (κ2) is 5.25. The molecule has 5 heteroatoms. The van der Waals surface area contributed by atoms with Gasteiger partial charge < -0.3 is 0 Å². The van der Waals surface area contributed by atoms with Gasteiger partial charge in [0.1, 0.15) is 10.7 Å². The molecule has 20 heavy (non-hydrogen) atoms. The fourth-order valence-corrected chi connectivity index (χ4v) is 3.41. The van der Waals surface area contributed by atoms with Gasteiger partial charge in [-0.1, -0.05) is 29.8 Å². The van der Waals surface area contributed by atoms with Crippen LogP contribution in [0.15, 0.2) is 47.4 Å². The highest BCUT2D eigenvalue weighted by molar-refractivity contribution is 7.92. The van der Waals surface area contributed by atoms with E-state index in [9.17, 15) is 12.8 Å². The van der Waals surface area contributed by atoms with Crippen LogP contribution in [0, 0.1) is 19.7 Å². The third-order valence-electron chi connectivity index (χ3n) is 3.17. The van der Waals surface area contributed by atoms with Gasteiger partial charge in [0.2, 0.25) is 0 Å². The highest BCUT2D eigenvalue weighted by Crippen LogP contribution is 2.27. The Bertz CT molecular complexity index is 741. The van der Waals surface area contributed by atoms with Gasteiger partial charge in [-0.3, -0.25) is 4.31 Å². The lowest BCUT2D eigenvalue weighted by Crippen LogP contribution is -2.28. The van der Waals surface area contributed by atoms with E-state index < -0.39 is 15.8 Å². The molecule has 0 saturated carbocycles. The van der Waals surface area contributed by atoms with E-state index >= 15 is 0 Å². The molecule has 0 radical (unpaired) electrons. The minimum Gasteiger partial charge on any atom is -0.269 e. The summed E-state index contributed by atoms with van der Waals surface area (Å²) < 4.78 is 39.8. The number of aryl methyl sites for hydroxylation is 2. The summed E-state index contributed by atoms with van der Waals surface area (Å²) >= 11 is 0.